The number of hydrogen-bond donors (Lipinski definition) is 2. The van der Waals surface area contributed by atoms with Crippen LogP contribution in [0.5, 0.6) is 0 Å². The van der Waals surface area contributed by atoms with Gasteiger partial charge in [-0.25, -0.2) is 4.98 Å². The van der Waals surface area contributed by atoms with Crippen LogP contribution in [0.25, 0.3) is 16.5 Å². The molecule has 1 aliphatic heterocycles. The lowest BCUT2D eigenvalue weighted by molar-refractivity contribution is -0.127. The molecule has 0 bridgehead atoms. The fraction of sp³-hybridized carbons (Fsp3) is 0.160. The van der Waals surface area contributed by atoms with Crippen LogP contribution in [0.4, 0.5) is 5.69 Å². The van der Waals surface area contributed by atoms with Crippen molar-refractivity contribution in [3.8, 4) is 0 Å². The lowest BCUT2D eigenvalue weighted by Gasteiger charge is -2.21. The Hall–Kier alpha value is -4.13. The van der Waals surface area contributed by atoms with Crippen molar-refractivity contribution in [2.45, 2.75) is 25.9 Å². The quantitative estimate of drug-likeness (QED) is 0.442. The molecule has 0 unspecified atom stereocenters. The second kappa shape index (κ2) is 8.55. The van der Waals surface area contributed by atoms with E-state index in [-0.39, 0.29) is 18.2 Å². The van der Waals surface area contributed by atoms with Gasteiger partial charge < -0.3 is 14.5 Å². The third-order valence-corrected chi connectivity index (χ3v) is 5.62. The van der Waals surface area contributed by atoms with Gasteiger partial charge in [-0.3, -0.25) is 14.9 Å². The van der Waals surface area contributed by atoms with E-state index in [4.69, 9.17) is 0 Å². The molecule has 0 fully saturated rings. The highest BCUT2D eigenvalue weighted by Gasteiger charge is 2.29. The van der Waals surface area contributed by atoms with E-state index in [0.29, 0.717) is 11.3 Å². The van der Waals surface area contributed by atoms with E-state index in [2.05, 4.69) is 30.8 Å². The van der Waals surface area contributed by atoms with Gasteiger partial charge in [0.15, 0.2) is 0 Å². The Morgan fingerprint density at radius 2 is 1.81 bits per heavy atom. The van der Waals surface area contributed by atoms with Gasteiger partial charge in [0.2, 0.25) is 5.91 Å². The van der Waals surface area contributed by atoms with E-state index < -0.39 is 0 Å². The van der Waals surface area contributed by atoms with Gasteiger partial charge in [-0.15, -0.1) is 0 Å². The molecule has 0 aliphatic carbocycles. The summed E-state index contributed by atoms with van der Waals surface area (Å²) in [5.74, 6) is -0.678. The van der Waals surface area contributed by atoms with E-state index in [1.165, 1.54) is 0 Å². The predicted octanol–water partition coefficient (Wildman–Crippen LogP) is 3.80. The predicted molar refractivity (Wildman–Crippen MR) is 124 cm³/mol. The molecule has 0 radical (unpaired) electrons. The van der Waals surface area contributed by atoms with Crippen LogP contribution in [0, 0.1) is 0 Å². The average molecular weight is 425 g/mol. The summed E-state index contributed by atoms with van der Waals surface area (Å²) in [6, 6.07) is 17.6. The molecule has 1 aliphatic rings. The first kappa shape index (κ1) is 19.8. The van der Waals surface area contributed by atoms with Gasteiger partial charge in [0.25, 0.3) is 5.91 Å². The average Bonchev–Trinajstić information content (AvgIpc) is 3.43. The molecule has 160 valence electrons. The number of fused-ring (bicyclic) bond motifs is 1. The Labute approximate surface area is 185 Å². The standard InChI is InChI=1S/C25H23N5O2/c31-23-15-21(27-18-7-2-1-3-8-18)24(25(32)28-23)20-16-30(22-10-5-4-9-19(20)22)13-6-12-29-14-11-26-17-29/h1-5,7-11,14,16-17,27H,6,12-13,15H2,(H,28,31,32). The topological polar surface area (TPSA) is 81.0 Å². The number of para-hydroxylation sites is 2. The fourth-order valence-corrected chi connectivity index (χ4v) is 4.18. The zero-order valence-electron chi connectivity index (χ0n) is 17.5. The van der Waals surface area contributed by atoms with Gasteiger partial charge in [0.1, 0.15) is 0 Å². The van der Waals surface area contributed by atoms with Crippen molar-refractivity contribution >= 4 is 34.0 Å². The SMILES string of the molecule is O=C1CC(Nc2ccccc2)=C(c2cn(CCCn3ccnc3)c3ccccc23)C(=O)N1. The van der Waals surface area contributed by atoms with Crippen LogP contribution in [-0.4, -0.2) is 25.9 Å². The van der Waals surface area contributed by atoms with Crippen LogP contribution < -0.4 is 10.6 Å². The first-order valence-corrected chi connectivity index (χ1v) is 10.6. The molecule has 2 N–H and O–H groups in total. The van der Waals surface area contributed by atoms with Crippen molar-refractivity contribution in [3.05, 3.63) is 90.8 Å². The van der Waals surface area contributed by atoms with Gasteiger partial charge in [-0.1, -0.05) is 36.4 Å². The van der Waals surface area contributed by atoms with Crippen LogP contribution in [0.2, 0.25) is 0 Å². The summed E-state index contributed by atoms with van der Waals surface area (Å²) < 4.78 is 4.23. The number of carbonyl (C=O) groups excluding carboxylic acids is 2. The van der Waals surface area contributed by atoms with Gasteiger partial charge in [-0.05, 0) is 24.6 Å². The molecule has 0 saturated carbocycles. The van der Waals surface area contributed by atoms with Crippen molar-refractivity contribution in [1.82, 2.24) is 19.4 Å². The smallest absolute Gasteiger partial charge is 0.260 e. The Morgan fingerprint density at radius 1 is 1.00 bits per heavy atom. The minimum Gasteiger partial charge on any atom is -0.358 e. The van der Waals surface area contributed by atoms with Crippen LogP contribution in [0.1, 0.15) is 18.4 Å². The maximum Gasteiger partial charge on any atom is 0.260 e. The Kier molecular flexibility index (Phi) is 5.29. The molecule has 7 heteroatoms. The highest BCUT2D eigenvalue weighted by molar-refractivity contribution is 6.29. The minimum absolute atomic E-state index is 0.121. The van der Waals surface area contributed by atoms with E-state index in [9.17, 15) is 9.59 Å². The number of amides is 2. The first-order chi connectivity index (χ1) is 15.7. The number of rotatable bonds is 7. The highest BCUT2D eigenvalue weighted by atomic mass is 16.2. The normalized spacial score (nSPS) is 14.1. The first-order valence-electron chi connectivity index (χ1n) is 10.6. The highest BCUT2D eigenvalue weighted by Crippen LogP contribution is 2.33. The summed E-state index contributed by atoms with van der Waals surface area (Å²) in [4.78, 5) is 29.2. The maximum absolute atomic E-state index is 13.0. The third-order valence-electron chi connectivity index (χ3n) is 5.62. The van der Waals surface area contributed by atoms with Crippen molar-refractivity contribution < 1.29 is 9.59 Å². The number of carbonyl (C=O) groups is 2. The second-order valence-corrected chi connectivity index (χ2v) is 7.81. The summed E-state index contributed by atoms with van der Waals surface area (Å²) in [5, 5.41) is 6.78. The number of nitrogens with zero attached hydrogens (tertiary/aromatic N) is 3. The third kappa shape index (κ3) is 3.92. The van der Waals surface area contributed by atoms with E-state index >= 15 is 0 Å². The molecular formula is C25H23N5O2. The zero-order chi connectivity index (χ0) is 21.9. The van der Waals surface area contributed by atoms with Crippen molar-refractivity contribution in [3.63, 3.8) is 0 Å². The van der Waals surface area contributed by atoms with Crippen molar-refractivity contribution in [2.24, 2.45) is 0 Å². The molecular weight excluding hydrogens is 402 g/mol. The van der Waals surface area contributed by atoms with Gasteiger partial charge in [-0.2, -0.15) is 0 Å². The van der Waals surface area contributed by atoms with Crippen LogP contribution in [-0.2, 0) is 22.7 Å². The van der Waals surface area contributed by atoms with E-state index in [0.717, 1.165) is 41.7 Å². The molecule has 4 aromatic rings. The van der Waals surface area contributed by atoms with Gasteiger partial charge >= 0.3 is 0 Å². The van der Waals surface area contributed by atoms with Crippen LogP contribution >= 0.6 is 0 Å². The summed E-state index contributed by atoms with van der Waals surface area (Å²) in [7, 11) is 0. The maximum atomic E-state index is 13.0. The minimum atomic E-state index is -0.374. The summed E-state index contributed by atoms with van der Waals surface area (Å²) in [6.07, 6.45) is 8.61. The van der Waals surface area contributed by atoms with E-state index in [1.807, 2.05) is 67.3 Å². The molecule has 2 aromatic carbocycles. The van der Waals surface area contributed by atoms with Crippen LogP contribution in [0.15, 0.2) is 85.2 Å². The molecule has 5 rings (SSSR count). The summed E-state index contributed by atoms with van der Waals surface area (Å²) >= 11 is 0. The number of benzene rings is 2. The molecule has 2 aromatic heterocycles. The second-order valence-electron chi connectivity index (χ2n) is 7.81. The number of aryl methyl sites for hydroxylation is 2. The molecule has 0 atom stereocenters. The number of nitrogens with one attached hydrogen (secondary N) is 2. The lowest BCUT2D eigenvalue weighted by Crippen LogP contribution is -2.37. The Balaban J connectivity index is 1.54. The number of imide groups is 1. The van der Waals surface area contributed by atoms with Crippen molar-refractivity contribution in [2.75, 3.05) is 5.32 Å². The molecule has 0 saturated heterocycles. The molecule has 0 spiro atoms. The van der Waals surface area contributed by atoms with Gasteiger partial charge in [0, 0.05) is 59.5 Å². The Bertz CT molecular complexity index is 1300. The number of hydrogen-bond acceptors (Lipinski definition) is 4. The van der Waals surface area contributed by atoms with Gasteiger partial charge in [0.05, 0.1) is 18.3 Å². The molecule has 2 amide bonds. The molecule has 3 heterocycles. The zero-order valence-corrected chi connectivity index (χ0v) is 17.5. The fourth-order valence-electron chi connectivity index (χ4n) is 4.18. The summed E-state index contributed by atoms with van der Waals surface area (Å²) in [6.45, 7) is 1.66. The monoisotopic (exact) mass is 425 g/mol. The molecule has 32 heavy (non-hydrogen) atoms. The number of imidazole rings is 1. The van der Waals surface area contributed by atoms with Crippen molar-refractivity contribution in [1.29, 1.82) is 0 Å². The summed E-state index contributed by atoms with van der Waals surface area (Å²) in [5.41, 5.74) is 3.85. The molecule has 7 nitrogen and oxygen atoms in total. The van der Waals surface area contributed by atoms with E-state index in [1.54, 1.807) is 6.20 Å². The van der Waals surface area contributed by atoms with Crippen LogP contribution in [0.3, 0.4) is 0 Å². The number of anilines is 1. The lowest BCUT2D eigenvalue weighted by atomic mass is 9.97. The largest absolute Gasteiger partial charge is 0.358 e. The number of aromatic nitrogens is 3. The Morgan fingerprint density at radius 3 is 2.62 bits per heavy atom.